The molecule has 1 aliphatic rings. The second-order valence-electron chi connectivity index (χ2n) is 8.59. The molecular weight excluding hydrogens is 536 g/mol. The van der Waals surface area contributed by atoms with Crippen LogP contribution in [0.1, 0.15) is 16.7 Å². The van der Waals surface area contributed by atoms with E-state index in [1.54, 1.807) is 19.0 Å². The fraction of sp³-hybridized carbons (Fsp3) is 0.360. The molecule has 2 amide bonds. The largest absolute Gasteiger partial charge is 0.418 e. The first kappa shape index (κ1) is 29.5. The molecule has 0 bridgehead atoms. The van der Waals surface area contributed by atoms with E-state index in [9.17, 15) is 35.9 Å². The smallest absolute Gasteiger partial charge is 0.378 e. The molecular formula is C25H25F6N3O3S. The molecule has 13 heteroatoms. The van der Waals surface area contributed by atoms with E-state index >= 15 is 0 Å². The molecule has 0 saturated carbocycles. The number of ether oxygens (including phenoxy) is 1. The summed E-state index contributed by atoms with van der Waals surface area (Å²) in [7, 11) is 3.36. The Bertz CT molecular complexity index is 1190. The van der Waals surface area contributed by atoms with Gasteiger partial charge >= 0.3 is 12.4 Å². The monoisotopic (exact) mass is 561 g/mol. The Kier molecular flexibility index (Phi) is 9.49. The van der Waals surface area contributed by atoms with Gasteiger partial charge in [-0.15, -0.1) is 0 Å². The standard InChI is InChI=1S/C25H25F6N3O3S/c1-33(2)15-20(35)32-17-4-3-5-18(14-17)38-19-8-6-16(7-9-21(36)34-10-12-37-13-11-34)22(24(26,27)28)23(19)25(29,30)31/h3-9,14H,10-13,15H2,1-2H3,(H,32,35). The maximum atomic E-state index is 14.1. The lowest BCUT2D eigenvalue weighted by Crippen LogP contribution is -2.39. The molecule has 0 aromatic heterocycles. The molecule has 0 radical (unpaired) electrons. The van der Waals surface area contributed by atoms with Crippen LogP contribution in [0.15, 0.2) is 52.3 Å². The number of hydrogen-bond acceptors (Lipinski definition) is 5. The summed E-state index contributed by atoms with van der Waals surface area (Å²) < 4.78 is 89.5. The number of rotatable bonds is 7. The normalized spacial score (nSPS) is 14.8. The van der Waals surface area contributed by atoms with Gasteiger partial charge in [0.25, 0.3) is 0 Å². The average molecular weight is 562 g/mol. The van der Waals surface area contributed by atoms with Gasteiger partial charge in [-0.3, -0.25) is 9.59 Å². The number of halogens is 6. The van der Waals surface area contributed by atoms with Gasteiger partial charge in [0.15, 0.2) is 0 Å². The molecule has 2 aromatic rings. The molecule has 1 N–H and O–H groups in total. The third-order valence-corrected chi connectivity index (χ3v) is 6.35. The van der Waals surface area contributed by atoms with Crippen LogP contribution < -0.4 is 5.32 Å². The summed E-state index contributed by atoms with van der Waals surface area (Å²) in [6.07, 6.45) is -9.11. The van der Waals surface area contributed by atoms with Crippen molar-refractivity contribution < 1.29 is 40.7 Å². The van der Waals surface area contributed by atoms with Crippen molar-refractivity contribution in [3.63, 3.8) is 0 Å². The van der Waals surface area contributed by atoms with Crippen LogP contribution in [-0.4, -0.2) is 68.6 Å². The van der Waals surface area contributed by atoms with Crippen LogP contribution in [0.2, 0.25) is 0 Å². The van der Waals surface area contributed by atoms with Crippen LogP contribution in [0.5, 0.6) is 0 Å². The highest BCUT2D eigenvalue weighted by Gasteiger charge is 2.46. The zero-order valence-electron chi connectivity index (χ0n) is 20.4. The molecule has 1 fully saturated rings. The SMILES string of the molecule is CN(C)CC(=O)Nc1cccc(Sc2ccc(C=CC(=O)N3CCOCC3)c(C(F)(F)F)c2C(F)(F)F)c1. The quantitative estimate of drug-likeness (QED) is 0.370. The Balaban J connectivity index is 1.98. The van der Waals surface area contributed by atoms with Crippen LogP contribution >= 0.6 is 11.8 Å². The third-order valence-electron chi connectivity index (χ3n) is 5.30. The van der Waals surface area contributed by atoms with E-state index in [1.807, 2.05) is 0 Å². The summed E-state index contributed by atoms with van der Waals surface area (Å²) in [5.41, 5.74) is -4.22. The summed E-state index contributed by atoms with van der Waals surface area (Å²) in [6, 6.07) is 7.64. The number of carbonyl (C=O) groups is 2. The molecule has 1 aliphatic heterocycles. The lowest BCUT2D eigenvalue weighted by molar-refractivity contribution is -0.163. The van der Waals surface area contributed by atoms with E-state index in [0.717, 1.165) is 24.3 Å². The first-order valence-electron chi connectivity index (χ1n) is 11.3. The van der Waals surface area contributed by atoms with Crippen molar-refractivity contribution in [3.8, 4) is 0 Å². The number of nitrogens with one attached hydrogen (secondary N) is 1. The minimum Gasteiger partial charge on any atom is -0.378 e. The number of amides is 2. The molecule has 3 rings (SSSR count). The van der Waals surface area contributed by atoms with Gasteiger partial charge in [-0.25, -0.2) is 0 Å². The zero-order valence-corrected chi connectivity index (χ0v) is 21.3. The van der Waals surface area contributed by atoms with Gasteiger partial charge in [-0.2, -0.15) is 26.3 Å². The molecule has 6 nitrogen and oxygen atoms in total. The van der Waals surface area contributed by atoms with Gasteiger partial charge < -0.3 is 19.9 Å². The Morgan fingerprint density at radius 3 is 2.29 bits per heavy atom. The highest BCUT2D eigenvalue weighted by atomic mass is 32.2. The van der Waals surface area contributed by atoms with E-state index < -0.39 is 39.8 Å². The molecule has 206 valence electrons. The Morgan fingerprint density at radius 2 is 1.68 bits per heavy atom. The van der Waals surface area contributed by atoms with E-state index in [2.05, 4.69) is 5.32 Å². The second-order valence-corrected chi connectivity index (χ2v) is 9.70. The zero-order chi connectivity index (χ0) is 28.1. The van der Waals surface area contributed by atoms with Crippen molar-refractivity contribution in [2.45, 2.75) is 22.1 Å². The number of likely N-dealkylation sites (N-methyl/N-ethyl adjacent to an activating group) is 1. The van der Waals surface area contributed by atoms with Gasteiger partial charge in [-0.1, -0.05) is 23.9 Å². The highest BCUT2D eigenvalue weighted by molar-refractivity contribution is 7.99. The summed E-state index contributed by atoms with van der Waals surface area (Å²) in [4.78, 5) is 26.8. The van der Waals surface area contributed by atoms with Gasteiger partial charge in [0, 0.05) is 34.6 Å². The lowest BCUT2D eigenvalue weighted by atomic mass is 9.99. The molecule has 1 heterocycles. The molecule has 0 aliphatic carbocycles. The minimum atomic E-state index is -5.36. The maximum absolute atomic E-state index is 14.1. The molecule has 1 saturated heterocycles. The highest BCUT2D eigenvalue weighted by Crippen LogP contribution is 2.48. The average Bonchev–Trinajstić information content (AvgIpc) is 2.81. The van der Waals surface area contributed by atoms with Crippen LogP contribution in [0.4, 0.5) is 32.0 Å². The molecule has 0 unspecified atom stereocenters. The minimum absolute atomic E-state index is 0.0631. The van der Waals surface area contributed by atoms with Gasteiger partial charge in [-0.05, 0) is 50.0 Å². The number of anilines is 1. The first-order chi connectivity index (χ1) is 17.8. The van der Waals surface area contributed by atoms with Crippen LogP contribution in [0.25, 0.3) is 6.08 Å². The lowest BCUT2D eigenvalue weighted by Gasteiger charge is -2.25. The van der Waals surface area contributed by atoms with Crippen molar-refractivity contribution in [1.82, 2.24) is 9.80 Å². The number of morpholine rings is 1. The van der Waals surface area contributed by atoms with Crippen LogP contribution in [0.3, 0.4) is 0 Å². The summed E-state index contributed by atoms with van der Waals surface area (Å²) >= 11 is 0.487. The number of nitrogens with zero attached hydrogens (tertiary/aromatic N) is 2. The number of benzene rings is 2. The molecule has 0 atom stereocenters. The third kappa shape index (κ3) is 7.98. The van der Waals surface area contributed by atoms with E-state index in [-0.39, 0.29) is 49.3 Å². The van der Waals surface area contributed by atoms with Gasteiger partial charge in [0.1, 0.15) is 0 Å². The Morgan fingerprint density at radius 1 is 1.03 bits per heavy atom. The topological polar surface area (TPSA) is 61.9 Å². The number of hydrogen-bond donors (Lipinski definition) is 1. The van der Waals surface area contributed by atoms with Gasteiger partial charge in [0.2, 0.25) is 11.8 Å². The fourth-order valence-corrected chi connectivity index (χ4v) is 4.76. The predicted molar refractivity (Wildman–Crippen MR) is 131 cm³/mol. The second kappa shape index (κ2) is 12.2. The predicted octanol–water partition coefficient (Wildman–Crippen LogP) is 5.25. The Labute approximate surface area is 219 Å². The Hall–Kier alpha value is -3.03. The van der Waals surface area contributed by atoms with Crippen molar-refractivity contribution >= 4 is 35.3 Å². The molecule has 2 aromatic carbocycles. The van der Waals surface area contributed by atoms with E-state index in [1.165, 1.54) is 29.2 Å². The van der Waals surface area contributed by atoms with Crippen LogP contribution in [0, 0.1) is 0 Å². The van der Waals surface area contributed by atoms with Crippen molar-refractivity contribution in [2.75, 3.05) is 52.3 Å². The summed E-state index contributed by atoms with van der Waals surface area (Å²) in [6.45, 7) is 1.05. The molecule has 38 heavy (non-hydrogen) atoms. The fourth-order valence-electron chi connectivity index (χ4n) is 3.71. The summed E-state index contributed by atoms with van der Waals surface area (Å²) in [5.74, 6) is -0.989. The van der Waals surface area contributed by atoms with Crippen molar-refractivity contribution in [1.29, 1.82) is 0 Å². The van der Waals surface area contributed by atoms with E-state index in [4.69, 9.17) is 4.74 Å². The number of carbonyl (C=O) groups excluding carboxylic acids is 2. The van der Waals surface area contributed by atoms with Crippen molar-refractivity contribution in [3.05, 3.63) is 59.2 Å². The van der Waals surface area contributed by atoms with Gasteiger partial charge in [0.05, 0.1) is 30.9 Å². The van der Waals surface area contributed by atoms with Crippen molar-refractivity contribution in [2.24, 2.45) is 0 Å². The number of alkyl halides is 6. The van der Waals surface area contributed by atoms with Crippen LogP contribution in [-0.2, 0) is 26.7 Å². The summed E-state index contributed by atoms with van der Waals surface area (Å²) in [5, 5.41) is 2.59. The van der Waals surface area contributed by atoms with E-state index in [0.29, 0.717) is 11.8 Å². The maximum Gasteiger partial charge on any atom is 0.418 e. The first-order valence-corrected chi connectivity index (χ1v) is 12.2. The molecule has 0 spiro atoms.